The number of nitrogens with zero attached hydrogens (tertiary/aromatic N) is 1. The van der Waals surface area contributed by atoms with Crippen molar-refractivity contribution in [2.45, 2.75) is 44.1 Å². The van der Waals surface area contributed by atoms with Gasteiger partial charge in [-0.15, -0.1) is 0 Å². The summed E-state index contributed by atoms with van der Waals surface area (Å²) in [6, 6.07) is 3.09. The molecule has 9 nitrogen and oxygen atoms in total. The van der Waals surface area contributed by atoms with Crippen LogP contribution in [-0.4, -0.2) is 62.8 Å². The van der Waals surface area contributed by atoms with Gasteiger partial charge in [0.2, 0.25) is 0 Å². The van der Waals surface area contributed by atoms with Gasteiger partial charge in [0.15, 0.2) is 15.6 Å². The first-order valence-corrected chi connectivity index (χ1v) is 12.3. The van der Waals surface area contributed by atoms with Crippen LogP contribution in [0.4, 0.5) is 19.7 Å². The summed E-state index contributed by atoms with van der Waals surface area (Å²) in [4.78, 5) is 37.6. The highest BCUT2D eigenvalue weighted by molar-refractivity contribution is 7.90. The van der Waals surface area contributed by atoms with Gasteiger partial charge in [0, 0.05) is 25.3 Å². The lowest BCUT2D eigenvalue weighted by atomic mass is 9.92. The number of allylic oxidation sites excluding steroid dienone is 1. The summed E-state index contributed by atoms with van der Waals surface area (Å²) in [7, 11) is -3.57. The monoisotopic (exact) mass is 484 g/mol. The molecule has 1 heterocycles. The number of ketones is 1. The minimum Gasteiger partial charge on any atom is -0.445 e. The maximum Gasteiger partial charge on any atom is 0.412 e. The van der Waals surface area contributed by atoms with Gasteiger partial charge in [-0.3, -0.25) is 10.1 Å². The van der Waals surface area contributed by atoms with Crippen LogP contribution in [0.25, 0.3) is 0 Å². The van der Waals surface area contributed by atoms with E-state index in [-0.39, 0.29) is 28.9 Å². The first-order valence-electron chi connectivity index (χ1n) is 10.4. The van der Waals surface area contributed by atoms with Crippen LogP contribution in [0.3, 0.4) is 0 Å². The molecule has 0 spiro atoms. The first-order chi connectivity index (χ1) is 15.3. The lowest BCUT2D eigenvalue weighted by Crippen LogP contribution is -2.42. The molecular formula is C22H29FN2O7S. The Morgan fingerprint density at radius 3 is 2.39 bits per heavy atom. The molecule has 182 valence electrons. The third-order valence-corrected chi connectivity index (χ3v) is 5.86. The SMILES string of the molecule is CC(C)(C)OC(=O)N1CCC(C(=O)C=CCOC(=O)Nc2ccc(S(C)(=O)=O)cc2F)CC1. The maximum atomic E-state index is 14.0. The minimum absolute atomic E-state index is 0.134. The Balaban J connectivity index is 1.76. The summed E-state index contributed by atoms with van der Waals surface area (Å²) < 4.78 is 47.0. The minimum atomic E-state index is -3.57. The molecule has 1 N–H and O–H groups in total. The Morgan fingerprint density at radius 1 is 1.21 bits per heavy atom. The van der Waals surface area contributed by atoms with Crippen molar-refractivity contribution in [3.8, 4) is 0 Å². The highest BCUT2D eigenvalue weighted by atomic mass is 32.2. The molecule has 0 aliphatic carbocycles. The molecule has 11 heteroatoms. The van der Waals surface area contributed by atoms with Crippen molar-refractivity contribution < 1.29 is 36.7 Å². The van der Waals surface area contributed by atoms with Crippen molar-refractivity contribution >= 4 is 33.5 Å². The van der Waals surface area contributed by atoms with E-state index in [2.05, 4.69) is 5.32 Å². The lowest BCUT2D eigenvalue weighted by Gasteiger charge is -2.32. The second-order valence-corrected chi connectivity index (χ2v) is 10.7. The summed E-state index contributed by atoms with van der Waals surface area (Å²) in [6.45, 7) is 6.00. The van der Waals surface area contributed by atoms with Crippen molar-refractivity contribution in [2.75, 3.05) is 31.3 Å². The molecule has 0 atom stereocenters. The van der Waals surface area contributed by atoms with Crippen LogP contribution in [-0.2, 0) is 24.1 Å². The summed E-state index contributed by atoms with van der Waals surface area (Å²) in [5, 5.41) is 2.17. The number of hydrogen-bond acceptors (Lipinski definition) is 7. The number of halogens is 1. The van der Waals surface area contributed by atoms with E-state index in [9.17, 15) is 27.2 Å². The van der Waals surface area contributed by atoms with E-state index in [1.807, 2.05) is 0 Å². The number of carbonyl (C=O) groups excluding carboxylic acids is 3. The van der Waals surface area contributed by atoms with Crippen molar-refractivity contribution in [2.24, 2.45) is 5.92 Å². The Bertz CT molecular complexity index is 1020. The summed E-state index contributed by atoms with van der Waals surface area (Å²) in [6.07, 6.45) is 3.31. The van der Waals surface area contributed by atoms with Crippen LogP contribution in [0.2, 0.25) is 0 Å². The Kier molecular flexibility index (Phi) is 8.59. The summed E-state index contributed by atoms with van der Waals surface area (Å²) >= 11 is 0. The average molecular weight is 485 g/mol. The zero-order valence-electron chi connectivity index (χ0n) is 19.1. The van der Waals surface area contributed by atoms with E-state index in [0.717, 1.165) is 18.4 Å². The van der Waals surface area contributed by atoms with E-state index < -0.39 is 33.4 Å². The number of hydrogen-bond donors (Lipinski definition) is 1. The van der Waals surface area contributed by atoms with Gasteiger partial charge in [0.05, 0.1) is 10.6 Å². The second-order valence-electron chi connectivity index (χ2n) is 8.68. The molecule has 0 radical (unpaired) electrons. The van der Waals surface area contributed by atoms with Gasteiger partial charge in [-0.1, -0.05) is 0 Å². The molecule has 2 amide bonds. The fraction of sp³-hybridized carbons (Fsp3) is 0.500. The third kappa shape index (κ3) is 8.49. The van der Waals surface area contributed by atoms with Gasteiger partial charge in [0.1, 0.15) is 18.0 Å². The van der Waals surface area contributed by atoms with Crippen LogP contribution < -0.4 is 5.32 Å². The van der Waals surface area contributed by atoms with Crippen LogP contribution in [0.5, 0.6) is 0 Å². The van der Waals surface area contributed by atoms with Crippen molar-refractivity contribution in [1.82, 2.24) is 4.90 Å². The van der Waals surface area contributed by atoms with Crippen LogP contribution in [0.15, 0.2) is 35.2 Å². The van der Waals surface area contributed by atoms with Gasteiger partial charge < -0.3 is 14.4 Å². The van der Waals surface area contributed by atoms with Crippen LogP contribution in [0.1, 0.15) is 33.6 Å². The molecule has 0 unspecified atom stereocenters. The van der Waals surface area contributed by atoms with Crippen LogP contribution >= 0.6 is 0 Å². The van der Waals surface area contributed by atoms with Crippen molar-refractivity contribution in [3.05, 3.63) is 36.2 Å². The summed E-state index contributed by atoms with van der Waals surface area (Å²) in [5.74, 6) is -1.29. The molecule has 2 rings (SSSR count). The Morgan fingerprint density at radius 2 is 1.85 bits per heavy atom. The summed E-state index contributed by atoms with van der Waals surface area (Å²) in [5.41, 5.74) is -0.811. The van der Waals surface area contributed by atoms with Crippen molar-refractivity contribution in [3.63, 3.8) is 0 Å². The predicted octanol–water partition coefficient (Wildman–Crippen LogP) is 3.55. The largest absolute Gasteiger partial charge is 0.445 e. The number of rotatable bonds is 6. The van der Waals surface area contributed by atoms with E-state index in [0.29, 0.717) is 25.9 Å². The smallest absolute Gasteiger partial charge is 0.412 e. The molecule has 0 aromatic heterocycles. The highest BCUT2D eigenvalue weighted by Gasteiger charge is 2.29. The number of ether oxygens (including phenoxy) is 2. The number of likely N-dealkylation sites (tertiary alicyclic amines) is 1. The fourth-order valence-corrected chi connectivity index (χ4v) is 3.70. The third-order valence-electron chi connectivity index (χ3n) is 4.75. The Labute approximate surface area is 192 Å². The zero-order valence-corrected chi connectivity index (χ0v) is 19.9. The normalized spacial score (nSPS) is 15.4. The number of nitrogens with one attached hydrogen (secondary N) is 1. The van der Waals surface area contributed by atoms with E-state index in [1.54, 1.807) is 25.7 Å². The topological polar surface area (TPSA) is 119 Å². The van der Waals surface area contributed by atoms with Gasteiger partial charge in [-0.2, -0.15) is 0 Å². The zero-order chi connectivity index (χ0) is 24.8. The van der Waals surface area contributed by atoms with Gasteiger partial charge >= 0.3 is 12.2 Å². The van der Waals surface area contributed by atoms with Gasteiger partial charge in [0.25, 0.3) is 0 Å². The molecule has 0 bridgehead atoms. The lowest BCUT2D eigenvalue weighted by molar-refractivity contribution is -0.119. The molecule has 1 aliphatic heterocycles. The van der Waals surface area contributed by atoms with Crippen LogP contribution in [0, 0.1) is 11.7 Å². The molecule has 1 saturated heterocycles. The van der Waals surface area contributed by atoms with Crippen molar-refractivity contribution in [1.29, 1.82) is 0 Å². The van der Waals surface area contributed by atoms with E-state index in [1.165, 1.54) is 18.2 Å². The molecule has 1 aliphatic rings. The van der Waals surface area contributed by atoms with Gasteiger partial charge in [-0.25, -0.2) is 22.4 Å². The van der Waals surface area contributed by atoms with Gasteiger partial charge in [-0.05, 0) is 64.0 Å². The second kappa shape index (κ2) is 10.8. The number of piperidine rings is 1. The average Bonchev–Trinajstić information content (AvgIpc) is 2.70. The highest BCUT2D eigenvalue weighted by Crippen LogP contribution is 2.21. The Hall–Kier alpha value is -2.95. The maximum absolute atomic E-state index is 14.0. The molecule has 33 heavy (non-hydrogen) atoms. The molecule has 1 fully saturated rings. The number of anilines is 1. The quantitative estimate of drug-likeness (QED) is 0.613. The standard InChI is InChI=1S/C22H29FN2O7S/c1-22(2,3)32-21(28)25-11-9-15(10-12-25)19(26)6-5-13-31-20(27)24-18-8-7-16(14-17(18)23)33(4,29)30/h5-8,14-15H,9-13H2,1-4H3,(H,24,27). The predicted molar refractivity (Wildman–Crippen MR) is 119 cm³/mol. The number of sulfone groups is 1. The number of carbonyl (C=O) groups is 3. The molecule has 1 aromatic carbocycles. The number of benzene rings is 1. The molecule has 1 aromatic rings. The van der Waals surface area contributed by atoms with E-state index >= 15 is 0 Å². The molecular weight excluding hydrogens is 455 g/mol. The first kappa shape index (κ1) is 26.3. The molecule has 0 saturated carbocycles. The van der Waals surface area contributed by atoms with E-state index in [4.69, 9.17) is 9.47 Å². The number of amides is 2. The fourth-order valence-electron chi connectivity index (χ4n) is 3.07.